The van der Waals surface area contributed by atoms with Crippen molar-refractivity contribution in [2.45, 2.75) is 19.9 Å². The number of hydrogen-bond donors (Lipinski definition) is 0. The maximum atomic E-state index is 12.9. The minimum Gasteiger partial charge on any atom is -0.497 e. The number of fused-ring (bicyclic) bond motifs is 1. The number of ether oxygens (including phenoxy) is 2. The van der Waals surface area contributed by atoms with Crippen molar-refractivity contribution in [1.29, 1.82) is 0 Å². The molecule has 0 radical (unpaired) electrons. The number of esters is 1. The van der Waals surface area contributed by atoms with Crippen molar-refractivity contribution in [1.82, 2.24) is 19.7 Å². The van der Waals surface area contributed by atoms with E-state index in [-0.39, 0.29) is 18.2 Å². The molecule has 0 fully saturated rings. The monoisotopic (exact) mass is 406 g/mol. The van der Waals surface area contributed by atoms with Crippen molar-refractivity contribution in [2.24, 2.45) is 0 Å². The van der Waals surface area contributed by atoms with E-state index in [0.29, 0.717) is 25.1 Å². The molecule has 4 rings (SSSR count). The number of methoxy groups -OCH3 is 1. The van der Waals surface area contributed by atoms with Crippen LogP contribution in [-0.4, -0.2) is 51.8 Å². The van der Waals surface area contributed by atoms with Gasteiger partial charge in [0.15, 0.2) is 5.69 Å². The lowest BCUT2D eigenvalue weighted by molar-refractivity contribution is 0.0513. The second-order valence-corrected chi connectivity index (χ2v) is 6.82. The van der Waals surface area contributed by atoms with E-state index in [0.717, 1.165) is 22.7 Å². The summed E-state index contributed by atoms with van der Waals surface area (Å²) in [6, 6.07) is 10.8. The van der Waals surface area contributed by atoms with Crippen LogP contribution in [0.25, 0.3) is 5.69 Å². The number of aromatic nitrogens is 3. The highest BCUT2D eigenvalue weighted by molar-refractivity contribution is 5.95. The van der Waals surface area contributed by atoms with E-state index in [4.69, 9.17) is 9.47 Å². The summed E-state index contributed by atoms with van der Waals surface area (Å²) in [6.07, 6.45) is 3.76. The summed E-state index contributed by atoms with van der Waals surface area (Å²) in [7, 11) is 1.61. The fraction of sp³-hybridized carbons (Fsp3) is 0.273. The second kappa shape index (κ2) is 8.36. The lowest BCUT2D eigenvalue weighted by Crippen LogP contribution is -2.36. The van der Waals surface area contributed by atoms with E-state index >= 15 is 0 Å². The Morgan fingerprint density at radius 3 is 2.50 bits per heavy atom. The minimum absolute atomic E-state index is 0.102. The summed E-state index contributed by atoms with van der Waals surface area (Å²) >= 11 is 0. The molecule has 3 aromatic rings. The van der Waals surface area contributed by atoms with E-state index in [9.17, 15) is 9.59 Å². The molecule has 0 atom stereocenters. The van der Waals surface area contributed by atoms with E-state index in [1.807, 2.05) is 24.3 Å². The van der Waals surface area contributed by atoms with Crippen molar-refractivity contribution in [2.75, 3.05) is 20.3 Å². The van der Waals surface area contributed by atoms with Gasteiger partial charge in [-0.2, -0.15) is 5.10 Å². The molecule has 0 N–H and O–H groups in total. The zero-order chi connectivity index (χ0) is 21.1. The first kappa shape index (κ1) is 19.6. The van der Waals surface area contributed by atoms with Gasteiger partial charge in [0.05, 0.1) is 31.6 Å². The highest BCUT2D eigenvalue weighted by atomic mass is 16.5. The van der Waals surface area contributed by atoms with Crippen LogP contribution in [0.15, 0.2) is 48.8 Å². The molecule has 1 aliphatic heterocycles. The predicted molar refractivity (Wildman–Crippen MR) is 109 cm³/mol. The maximum absolute atomic E-state index is 12.9. The molecule has 2 aromatic heterocycles. The Morgan fingerprint density at radius 1 is 1.10 bits per heavy atom. The van der Waals surface area contributed by atoms with Gasteiger partial charge in [0.1, 0.15) is 5.75 Å². The average molecular weight is 406 g/mol. The third-order valence-corrected chi connectivity index (χ3v) is 5.06. The van der Waals surface area contributed by atoms with Gasteiger partial charge in [0.2, 0.25) is 0 Å². The van der Waals surface area contributed by atoms with Crippen molar-refractivity contribution in [3.05, 3.63) is 71.3 Å². The highest BCUT2D eigenvalue weighted by Crippen LogP contribution is 2.27. The Bertz CT molecular complexity index is 1060. The second-order valence-electron chi connectivity index (χ2n) is 6.82. The van der Waals surface area contributed by atoms with Crippen molar-refractivity contribution in [3.63, 3.8) is 0 Å². The maximum Gasteiger partial charge on any atom is 0.359 e. The fourth-order valence-corrected chi connectivity index (χ4v) is 3.57. The molecule has 1 amide bonds. The molecule has 1 aromatic carbocycles. The Morgan fingerprint density at radius 2 is 1.83 bits per heavy atom. The Hall–Kier alpha value is -3.68. The number of benzene rings is 1. The lowest BCUT2D eigenvalue weighted by Gasteiger charge is -2.28. The van der Waals surface area contributed by atoms with Crippen molar-refractivity contribution >= 4 is 11.9 Å². The Balaban J connectivity index is 1.71. The lowest BCUT2D eigenvalue weighted by atomic mass is 10.0. The first-order chi connectivity index (χ1) is 14.6. The summed E-state index contributed by atoms with van der Waals surface area (Å²) in [5.41, 5.74) is 3.25. The molecule has 8 nitrogen and oxygen atoms in total. The first-order valence-electron chi connectivity index (χ1n) is 9.74. The van der Waals surface area contributed by atoms with Crippen LogP contribution >= 0.6 is 0 Å². The van der Waals surface area contributed by atoms with Gasteiger partial charge in [-0.1, -0.05) is 0 Å². The van der Waals surface area contributed by atoms with Gasteiger partial charge >= 0.3 is 5.97 Å². The van der Waals surface area contributed by atoms with Gasteiger partial charge in [0, 0.05) is 36.5 Å². The fourth-order valence-electron chi connectivity index (χ4n) is 3.57. The van der Waals surface area contributed by atoms with Gasteiger partial charge < -0.3 is 14.4 Å². The standard InChI is InChI=1S/C22H22N4O4/c1-3-30-22(28)20-18-14-25(21(27)15-8-11-23-12-9-15)13-10-19(18)26(24-20)16-4-6-17(29-2)7-5-16/h4-9,11-12H,3,10,13-14H2,1-2H3. The normalized spacial score (nSPS) is 12.9. The molecule has 8 heteroatoms. The summed E-state index contributed by atoms with van der Waals surface area (Å²) in [4.78, 5) is 31.2. The van der Waals surface area contributed by atoms with Gasteiger partial charge in [-0.3, -0.25) is 9.78 Å². The quantitative estimate of drug-likeness (QED) is 0.606. The van der Waals surface area contributed by atoms with Gasteiger partial charge in [0.25, 0.3) is 5.91 Å². The number of amides is 1. The number of carbonyl (C=O) groups excluding carboxylic acids is 2. The number of carbonyl (C=O) groups is 2. The van der Waals surface area contributed by atoms with Crippen LogP contribution < -0.4 is 4.74 Å². The van der Waals surface area contributed by atoms with E-state index in [2.05, 4.69) is 10.1 Å². The summed E-state index contributed by atoms with van der Waals surface area (Å²) in [5, 5.41) is 4.56. The summed E-state index contributed by atoms with van der Waals surface area (Å²) < 4.78 is 12.2. The van der Waals surface area contributed by atoms with E-state index in [1.165, 1.54) is 0 Å². The van der Waals surface area contributed by atoms with Gasteiger partial charge in [-0.15, -0.1) is 0 Å². The molecule has 0 spiro atoms. The average Bonchev–Trinajstić information content (AvgIpc) is 3.18. The predicted octanol–water partition coefficient (Wildman–Crippen LogP) is 2.65. The molecule has 0 unspecified atom stereocenters. The molecule has 30 heavy (non-hydrogen) atoms. The molecule has 154 valence electrons. The number of hydrogen-bond acceptors (Lipinski definition) is 6. The smallest absolute Gasteiger partial charge is 0.359 e. The minimum atomic E-state index is -0.487. The Labute approximate surface area is 174 Å². The molecule has 3 heterocycles. The van der Waals surface area contributed by atoms with Crippen LogP contribution in [0.4, 0.5) is 0 Å². The van der Waals surface area contributed by atoms with Gasteiger partial charge in [-0.05, 0) is 43.3 Å². The number of pyridine rings is 1. The molecule has 0 saturated carbocycles. The molecule has 0 bridgehead atoms. The largest absolute Gasteiger partial charge is 0.497 e. The highest BCUT2D eigenvalue weighted by Gasteiger charge is 2.31. The zero-order valence-electron chi connectivity index (χ0n) is 16.9. The molecule has 0 saturated heterocycles. The van der Waals surface area contributed by atoms with Crippen LogP contribution in [0.5, 0.6) is 5.75 Å². The summed E-state index contributed by atoms with van der Waals surface area (Å²) in [5.74, 6) is 0.147. The third kappa shape index (κ3) is 3.63. The molecular formula is C22H22N4O4. The van der Waals surface area contributed by atoms with Crippen LogP contribution in [0.3, 0.4) is 0 Å². The first-order valence-corrected chi connectivity index (χ1v) is 9.74. The molecule has 0 aliphatic carbocycles. The Kier molecular flexibility index (Phi) is 5.47. The van der Waals surface area contributed by atoms with E-state index in [1.54, 1.807) is 48.1 Å². The van der Waals surface area contributed by atoms with Crippen molar-refractivity contribution in [3.8, 4) is 11.4 Å². The van der Waals surface area contributed by atoms with Crippen LogP contribution in [0.2, 0.25) is 0 Å². The third-order valence-electron chi connectivity index (χ3n) is 5.06. The zero-order valence-corrected chi connectivity index (χ0v) is 16.9. The van der Waals surface area contributed by atoms with Crippen LogP contribution in [0, 0.1) is 0 Å². The SMILES string of the molecule is CCOC(=O)c1nn(-c2ccc(OC)cc2)c2c1CN(C(=O)c1ccncc1)CC2. The summed E-state index contributed by atoms with van der Waals surface area (Å²) in [6.45, 7) is 2.83. The van der Waals surface area contributed by atoms with Gasteiger partial charge in [-0.25, -0.2) is 9.48 Å². The number of rotatable bonds is 5. The molecular weight excluding hydrogens is 384 g/mol. The van der Waals surface area contributed by atoms with Crippen LogP contribution in [-0.2, 0) is 17.7 Å². The molecule has 1 aliphatic rings. The van der Waals surface area contributed by atoms with Crippen molar-refractivity contribution < 1.29 is 19.1 Å². The van der Waals surface area contributed by atoms with E-state index < -0.39 is 5.97 Å². The van der Waals surface area contributed by atoms with Crippen LogP contribution in [0.1, 0.15) is 39.0 Å². The number of nitrogens with zero attached hydrogens (tertiary/aromatic N) is 4. The topological polar surface area (TPSA) is 86.5 Å².